The molecule has 1 saturated heterocycles. The molecule has 1 aromatic rings. The molecule has 1 fully saturated rings. The van der Waals surface area contributed by atoms with Gasteiger partial charge in [0.2, 0.25) is 5.91 Å². The van der Waals surface area contributed by atoms with Gasteiger partial charge >= 0.3 is 6.03 Å². The molecule has 2 aliphatic rings. The van der Waals surface area contributed by atoms with Crippen LogP contribution in [0.15, 0.2) is 35.4 Å². The van der Waals surface area contributed by atoms with Crippen LogP contribution in [-0.2, 0) is 4.79 Å². The second-order valence-electron chi connectivity index (χ2n) is 8.55. The molecule has 1 N–H and O–H groups in total. The van der Waals surface area contributed by atoms with Crippen molar-refractivity contribution in [1.29, 1.82) is 5.41 Å². The van der Waals surface area contributed by atoms with Gasteiger partial charge in [-0.2, -0.15) is 0 Å². The number of rotatable bonds is 7. The maximum atomic E-state index is 13.4. The maximum Gasteiger partial charge on any atom is 0.324 e. The van der Waals surface area contributed by atoms with Crippen LogP contribution in [0.3, 0.4) is 0 Å². The number of aromatic nitrogens is 1. The van der Waals surface area contributed by atoms with Crippen LogP contribution in [0.5, 0.6) is 0 Å². The van der Waals surface area contributed by atoms with Gasteiger partial charge in [0.25, 0.3) is 0 Å². The number of pyridine rings is 1. The first kappa shape index (κ1) is 24.4. The van der Waals surface area contributed by atoms with Crippen molar-refractivity contribution < 1.29 is 9.59 Å². The Morgan fingerprint density at radius 3 is 2.64 bits per heavy atom. The molecule has 0 bridgehead atoms. The number of piperidine rings is 1. The van der Waals surface area contributed by atoms with Crippen LogP contribution in [0.1, 0.15) is 49.1 Å². The van der Waals surface area contributed by atoms with Crippen LogP contribution in [0.2, 0.25) is 0 Å². The van der Waals surface area contributed by atoms with E-state index < -0.39 is 0 Å². The number of carbonyl (C=O) groups excluding carboxylic acids is 2. The van der Waals surface area contributed by atoms with Crippen molar-refractivity contribution in [2.75, 3.05) is 33.7 Å². The predicted octanol–water partition coefficient (Wildman–Crippen LogP) is 3.49. The average molecular weight is 451 g/mol. The summed E-state index contributed by atoms with van der Waals surface area (Å²) in [6, 6.07) is 3.78. The molecule has 1 unspecified atom stereocenters. The lowest BCUT2D eigenvalue weighted by Gasteiger charge is -2.44. The van der Waals surface area contributed by atoms with Gasteiger partial charge in [0, 0.05) is 58.6 Å². The zero-order chi connectivity index (χ0) is 24.1. The summed E-state index contributed by atoms with van der Waals surface area (Å²) in [6.07, 6.45) is 6.72. The Kier molecular flexibility index (Phi) is 7.79. The molecule has 1 atom stereocenters. The first-order valence-electron chi connectivity index (χ1n) is 11.4. The largest absolute Gasteiger partial charge is 0.343 e. The quantitative estimate of drug-likeness (QED) is 0.645. The molecule has 0 aromatic carbocycles. The fraction of sp³-hybridized carbons (Fsp3) is 0.480. The molecule has 0 saturated carbocycles. The molecule has 176 valence electrons. The lowest BCUT2D eigenvalue weighted by atomic mass is 9.96. The number of amides is 3. The Balaban J connectivity index is 2.07. The molecule has 3 heterocycles. The first-order valence-corrected chi connectivity index (χ1v) is 11.4. The molecule has 2 aliphatic heterocycles. The lowest BCUT2D eigenvalue weighted by Crippen LogP contribution is -2.53. The maximum absolute atomic E-state index is 13.4. The normalized spacial score (nSPS) is 18.8. The van der Waals surface area contributed by atoms with E-state index in [1.807, 2.05) is 35.8 Å². The minimum atomic E-state index is -0.333. The number of nitrogens with one attached hydrogen (secondary N) is 1. The summed E-state index contributed by atoms with van der Waals surface area (Å²) in [6.45, 7) is 9.60. The molecule has 3 rings (SSSR count). The van der Waals surface area contributed by atoms with Crippen LogP contribution in [0, 0.1) is 12.3 Å². The van der Waals surface area contributed by atoms with Gasteiger partial charge in [-0.3, -0.25) is 14.7 Å². The molecule has 8 nitrogen and oxygen atoms in total. The summed E-state index contributed by atoms with van der Waals surface area (Å²) in [5.41, 5.74) is 4.11. The van der Waals surface area contributed by atoms with Gasteiger partial charge in [-0.1, -0.05) is 25.6 Å². The van der Waals surface area contributed by atoms with Crippen molar-refractivity contribution in [3.05, 3.63) is 47.3 Å². The third-order valence-corrected chi connectivity index (χ3v) is 6.39. The molecule has 0 spiro atoms. The number of likely N-dealkylation sites (tertiary alicyclic amines) is 1. The fourth-order valence-corrected chi connectivity index (χ4v) is 4.53. The van der Waals surface area contributed by atoms with E-state index in [1.165, 1.54) is 6.21 Å². The number of carbonyl (C=O) groups is 2. The van der Waals surface area contributed by atoms with Crippen molar-refractivity contribution in [3.8, 4) is 0 Å². The molecular formula is C25H34N6O2. The summed E-state index contributed by atoms with van der Waals surface area (Å²) in [5.74, 6) is -0.181. The van der Waals surface area contributed by atoms with Gasteiger partial charge in [-0.05, 0) is 37.0 Å². The van der Waals surface area contributed by atoms with E-state index in [9.17, 15) is 9.59 Å². The number of hydrogen-bond acceptors (Lipinski definition) is 5. The summed E-state index contributed by atoms with van der Waals surface area (Å²) >= 11 is 0. The van der Waals surface area contributed by atoms with E-state index in [4.69, 9.17) is 10.4 Å². The molecular weight excluding hydrogens is 416 g/mol. The Hall–Kier alpha value is -3.29. The second-order valence-corrected chi connectivity index (χ2v) is 8.55. The number of hydrogen-bond donors (Lipinski definition) is 1. The van der Waals surface area contributed by atoms with Crippen molar-refractivity contribution in [3.63, 3.8) is 0 Å². The van der Waals surface area contributed by atoms with Gasteiger partial charge < -0.3 is 15.2 Å². The number of urea groups is 1. The molecule has 0 aliphatic carbocycles. The predicted molar refractivity (Wildman–Crippen MR) is 132 cm³/mol. The summed E-state index contributed by atoms with van der Waals surface area (Å²) < 4.78 is 0. The van der Waals surface area contributed by atoms with Crippen molar-refractivity contribution in [2.45, 2.75) is 45.1 Å². The molecule has 0 radical (unpaired) electrons. The lowest BCUT2D eigenvalue weighted by molar-refractivity contribution is -0.132. The van der Waals surface area contributed by atoms with E-state index in [0.717, 1.165) is 22.5 Å². The third-order valence-electron chi connectivity index (χ3n) is 6.39. The monoisotopic (exact) mass is 450 g/mol. The average Bonchev–Trinajstić information content (AvgIpc) is 2.84. The Bertz CT molecular complexity index is 991. The highest BCUT2D eigenvalue weighted by Crippen LogP contribution is 2.35. The highest BCUT2D eigenvalue weighted by molar-refractivity contribution is 5.91. The van der Waals surface area contributed by atoms with Gasteiger partial charge in [-0.25, -0.2) is 9.78 Å². The molecule has 33 heavy (non-hydrogen) atoms. The van der Waals surface area contributed by atoms with Crippen molar-refractivity contribution >= 4 is 30.1 Å². The SMILES string of the molecule is C=CC1=C(c2nc(C(C=N)C=NC)ccc2C)N(C2CCN(C(=O)CC)CC2)C(=O)N(C)C1. The van der Waals surface area contributed by atoms with Crippen molar-refractivity contribution in [1.82, 2.24) is 19.7 Å². The Labute approximate surface area is 196 Å². The highest BCUT2D eigenvalue weighted by Gasteiger charge is 2.38. The van der Waals surface area contributed by atoms with E-state index in [2.05, 4.69) is 11.6 Å². The minimum Gasteiger partial charge on any atom is -0.343 e. The van der Waals surface area contributed by atoms with Gasteiger partial charge in [-0.15, -0.1) is 0 Å². The second kappa shape index (κ2) is 10.6. The summed E-state index contributed by atoms with van der Waals surface area (Å²) in [4.78, 5) is 40.0. The number of likely N-dealkylation sites (N-methyl/N-ethyl adjacent to an activating group) is 1. The standard InChI is InChI=1S/C25H34N6O2/c1-6-18-16-29(5)25(33)31(20-10-12-30(13-11-20)22(32)7-2)24(18)23-17(3)8-9-21(28-23)19(14-26)15-27-4/h6,8-9,14-15,19-20,26H,1,7,10-13,16H2,2-5H3. The van der Waals surface area contributed by atoms with Crippen LogP contribution >= 0.6 is 0 Å². The van der Waals surface area contributed by atoms with Crippen molar-refractivity contribution in [2.24, 2.45) is 4.99 Å². The molecule has 8 heteroatoms. The first-order chi connectivity index (χ1) is 15.9. The number of nitrogens with zero attached hydrogens (tertiary/aromatic N) is 5. The third kappa shape index (κ3) is 4.89. The van der Waals surface area contributed by atoms with E-state index >= 15 is 0 Å². The number of aryl methyl sites for hydroxylation is 1. The van der Waals surface area contributed by atoms with Crippen LogP contribution in [0.25, 0.3) is 5.70 Å². The molecule has 3 amide bonds. The molecule has 1 aromatic heterocycles. The Morgan fingerprint density at radius 1 is 1.36 bits per heavy atom. The smallest absolute Gasteiger partial charge is 0.324 e. The summed E-state index contributed by atoms with van der Waals surface area (Å²) in [5, 5.41) is 7.79. The van der Waals surface area contributed by atoms with E-state index in [0.29, 0.717) is 44.6 Å². The van der Waals surface area contributed by atoms with Crippen LogP contribution < -0.4 is 0 Å². The summed E-state index contributed by atoms with van der Waals surface area (Å²) in [7, 11) is 3.47. The van der Waals surface area contributed by atoms with Gasteiger partial charge in [0.1, 0.15) is 0 Å². The Morgan fingerprint density at radius 2 is 2.06 bits per heavy atom. The zero-order valence-electron chi connectivity index (χ0n) is 20.0. The van der Waals surface area contributed by atoms with Gasteiger partial charge in [0.15, 0.2) is 0 Å². The zero-order valence-corrected chi connectivity index (χ0v) is 20.0. The van der Waals surface area contributed by atoms with Crippen LogP contribution in [-0.4, -0.2) is 83.8 Å². The van der Waals surface area contributed by atoms with E-state index in [-0.39, 0.29) is 23.9 Å². The van der Waals surface area contributed by atoms with E-state index in [1.54, 1.807) is 31.3 Å². The highest BCUT2D eigenvalue weighted by atomic mass is 16.2. The number of aliphatic imine (C=N–C) groups is 1. The minimum absolute atomic E-state index is 0.0355. The van der Waals surface area contributed by atoms with Crippen LogP contribution in [0.4, 0.5) is 4.79 Å². The topological polar surface area (TPSA) is 93.0 Å². The fourth-order valence-electron chi connectivity index (χ4n) is 4.53. The van der Waals surface area contributed by atoms with Gasteiger partial charge in [0.05, 0.1) is 23.0 Å².